The average molecular weight is 496 g/mol. The first-order chi connectivity index (χ1) is 16.6. The Morgan fingerprint density at radius 3 is 2.40 bits per heavy atom. The van der Waals surface area contributed by atoms with Crippen molar-refractivity contribution in [1.29, 1.82) is 0 Å². The van der Waals surface area contributed by atoms with Crippen molar-refractivity contribution in [2.24, 2.45) is 17.3 Å². The molecule has 2 heterocycles. The molecule has 2 aliphatic rings. The van der Waals surface area contributed by atoms with Crippen LogP contribution in [0.4, 0.5) is 5.69 Å². The molecular weight excluding hydrogens is 462 g/mol. The molecule has 2 aromatic rings. The van der Waals surface area contributed by atoms with Gasteiger partial charge in [-0.05, 0) is 64.5 Å². The number of carbonyl (C=O) groups is 2. The second kappa shape index (κ2) is 10.4. The molecule has 0 bridgehead atoms. The Kier molecular flexibility index (Phi) is 7.46. The minimum atomic E-state index is -1.03. The van der Waals surface area contributed by atoms with Crippen molar-refractivity contribution in [3.8, 4) is 17.9 Å². The number of nitrogens with zero attached hydrogens (tertiary/aromatic N) is 3. The van der Waals surface area contributed by atoms with E-state index < -0.39 is 5.97 Å². The van der Waals surface area contributed by atoms with Gasteiger partial charge >= 0.3 is 12.0 Å². The normalized spacial score (nSPS) is 24.0. The lowest BCUT2D eigenvalue weighted by atomic mass is 9.80. The standard InChI is InChI=1S/C27H33N3O4S/c1-17-6-8-18(9-7-17)24(31)30(19-14-20(15-19)34-26-28-12-5-13-29-26)22-16-21(10-11-27(2,3)4)35-23(22)25(32)33/h5,12-13,16-20H,6-9,14-15H2,1-4H3,(H,32,33)/t17-,18-,19-,20+. The summed E-state index contributed by atoms with van der Waals surface area (Å²) in [7, 11) is 0. The number of aromatic nitrogens is 2. The Balaban J connectivity index is 1.61. The highest BCUT2D eigenvalue weighted by molar-refractivity contribution is 7.15. The smallest absolute Gasteiger partial charge is 0.348 e. The zero-order valence-electron chi connectivity index (χ0n) is 20.8. The molecule has 0 atom stereocenters. The lowest BCUT2D eigenvalue weighted by Gasteiger charge is -2.43. The van der Waals surface area contributed by atoms with E-state index in [1.165, 1.54) is 0 Å². The van der Waals surface area contributed by atoms with Crippen LogP contribution in [-0.2, 0) is 4.79 Å². The molecule has 8 heteroatoms. The first-order valence-corrected chi connectivity index (χ1v) is 13.1. The third kappa shape index (κ3) is 6.21. The van der Waals surface area contributed by atoms with E-state index in [0.29, 0.717) is 35.3 Å². The van der Waals surface area contributed by atoms with Crippen LogP contribution in [0.5, 0.6) is 6.01 Å². The van der Waals surface area contributed by atoms with Crippen molar-refractivity contribution in [2.45, 2.75) is 78.4 Å². The molecule has 0 radical (unpaired) electrons. The number of ether oxygens (including phenoxy) is 1. The number of carboxylic acids is 1. The summed E-state index contributed by atoms with van der Waals surface area (Å²) in [4.78, 5) is 36.8. The molecule has 4 rings (SSSR count). The van der Waals surface area contributed by atoms with Crippen LogP contribution in [0.3, 0.4) is 0 Å². The summed E-state index contributed by atoms with van der Waals surface area (Å²) in [5.74, 6) is 5.82. The number of hydrogen-bond donors (Lipinski definition) is 1. The van der Waals surface area contributed by atoms with Gasteiger partial charge < -0.3 is 14.7 Å². The number of thiophene rings is 1. The molecule has 186 valence electrons. The van der Waals surface area contributed by atoms with Crippen LogP contribution in [0.25, 0.3) is 0 Å². The average Bonchev–Trinajstić information content (AvgIpc) is 3.21. The lowest BCUT2D eigenvalue weighted by Crippen LogP contribution is -2.54. The van der Waals surface area contributed by atoms with Crippen LogP contribution in [0.1, 0.15) is 80.8 Å². The maximum absolute atomic E-state index is 13.8. The van der Waals surface area contributed by atoms with E-state index in [2.05, 4.69) is 28.7 Å². The van der Waals surface area contributed by atoms with E-state index >= 15 is 0 Å². The second-order valence-electron chi connectivity index (χ2n) is 10.7. The van der Waals surface area contributed by atoms with Gasteiger partial charge in [0, 0.05) is 42.6 Å². The van der Waals surface area contributed by atoms with Crippen LogP contribution in [0, 0.1) is 29.1 Å². The van der Waals surface area contributed by atoms with Crippen LogP contribution in [-0.4, -0.2) is 39.1 Å². The molecule has 2 fully saturated rings. The predicted octanol–water partition coefficient (Wildman–Crippen LogP) is 5.40. The van der Waals surface area contributed by atoms with Gasteiger partial charge in [-0.3, -0.25) is 4.79 Å². The zero-order chi connectivity index (χ0) is 25.2. The molecule has 0 aliphatic heterocycles. The van der Waals surface area contributed by atoms with Gasteiger partial charge in [-0.2, -0.15) is 0 Å². The molecule has 0 saturated heterocycles. The van der Waals surface area contributed by atoms with E-state index in [9.17, 15) is 14.7 Å². The van der Waals surface area contributed by atoms with Crippen molar-refractivity contribution >= 4 is 28.9 Å². The fourth-order valence-electron chi connectivity index (χ4n) is 4.56. The third-order valence-corrected chi connectivity index (χ3v) is 7.61. The van der Waals surface area contributed by atoms with Gasteiger partial charge in [0.05, 0.1) is 10.6 Å². The van der Waals surface area contributed by atoms with Gasteiger partial charge in [0.1, 0.15) is 11.0 Å². The lowest BCUT2D eigenvalue weighted by molar-refractivity contribution is -0.124. The van der Waals surface area contributed by atoms with Crippen LogP contribution in [0.2, 0.25) is 0 Å². The molecule has 1 N–H and O–H groups in total. The third-order valence-electron chi connectivity index (χ3n) is 6.58. The van der Waals surface area contributed by atoms with Gasteiger partial charge in [-0.25, -0.2) is 14.8 Å². The molecule has 0 unspecified atom stereocenters. The van der Waals surface area contributed by atoms with E-state index in [1.807, 2.05) is 20.8 Å². The van der Waals surface area contributed by atoms with E-state index in [1.54, 1.807) is 29.4 Å². The first kappa shape index (κ1) is 25.2. The van der Waals surface area contributed by atoms with E-state index in [-0.39, 0.29) is 34.3 Å². The van der Waals surface area contributed by atoms with Crippen molar-refractivity contribution in [1.82, 2.24) is 9.97 Å². The summed E-state index contributed by atoms with van der Waals surface area (Å²) in [5, 5.41) is 9.99. The highest BCUT2D eigenvalue weighted by Crippen LogP contribution is 2.40. The molecule has 35 heavy (non-hydrogen) atoms. The number of rotatable bonds is 6. The summed E-state index contributed by atoms with van der Waals surface area (Å²) in [6.07, 6.45) is 8.06. The molecule has 0 spiro atoms. The van der Waals surface area contributed by atoms with E-state index in [4.69, 9.17) is 4.74 Å². The maximum atomic E-state index is 13.8. The monoisotopic (exact) mass is 495 g/mol. The predicted molar refractivity (Wildman–Crippen MR) is 136 cm³/mol. The first-order valence-electron chi connectivity index (χ1n) is 12.3. The number of hydrogen-bond acceptors (Lipinski definition) is 6. The van der Waals surface area contributed by atoms with Gasteiger partial charge in [-0.15, -0.1) is 11.3 Å². The van der Waals surface area contributed by atoms with E-state index in [0.717, 1.165) is 37.0 Å². The topological polar surface area (TPSA) is 92.6 Å². The van der Waals surface area contributed by atoms with Crippen LogP contribution in [0.15, 0.2) is 24.5 Å². The van der Waals surface area contributed by atoms with Crippen molar-refractivity contribution in [2.75, 3.05) is 4.90 Å². The van der Waals surface area contributed by atoms with Gasteiger partial charge in [0.15, 0.2) is 0 Å². The highest BCUT2D eigenvalue weighted by Gasteiger charge is 2.42. The Labute approximate surface area is 210 Å². The number of carboxylic acid groups (broad SMARTS) is 1. The summed E-state index contributed by atoms with van der Waals surface area (Å²) in [6.45, 7) is 8.26. The molecule has 0 aromatic carbocycles. The van der Waals surface area contributed by atoms with Crippen molar-refractivity contribution in [3.63, 3.8) is 0 Å². The largest absolute Gasteiger partial charge is 0.477 e. The Morgan fingerprint density at radius 1 is 1.14 bits per heavy atom. The fraction of sp³-hybridized carbons (Fsp3) is 0.556. The van der Waals surface area contributed by atoms with Crippen molar-refractivity contribution < 1.29 is 19.4 Å². The summed E-state index contributed by atoms with van der Waals surface area (Å²) in [6, 6.07) is 3.69. The number of anilines is 1. The van der Waals surface area contributed by atoms with Crippen molar-refractivity contribution in [3.05, 3.63) is 34.3 Å². The minimum absolute atomic E-state index is 0.0203. The highest BCUT2D eigenvalue weighted by atomic mass is 32.1. The Morgan fingerprint density at radius 2 is 1.80 bits per heavy atom. The summed E-state index contributed by atoms with van der Waals surface area (Å²) < 4.78 is 5.87. The molecule has 1 amide bonds. The van der Waals surface area contributed by atoms with Gasteiger partial charge in [0.2, 0.25) is 5.91 Å². The molecule has 2 aromatic heterocycles. The Hall–Kier alpha value is -2.92. The number of amides is 1. The quantitative estimate of drug-likeness (QED) is 0.539. The number of aromatic carboxylic acids is 1. The minimum Gasteiger partial charge on any atom is -0.477 e. The zero-order valence-corrected chi connectivity index (χ0v) is 21.6. The SMILES string of the molecule is CC(C)(C)C#Cc1cc(N(C(=O)[C@H]2CC[C@H](C)CC2)[C@H]2C[C@@H](Oc3ncccn3)C2)c(C(=O)O)s1. The number of carbonyl (C=O) groups excluding carboxylic acids is 1. The maximum Gasteiger partial charge on any atom is 0.348 e. The molecule has 7 nitrogen and oxygen atoms in total. The second-order valence-corrected chi connectivity index (χ2v) is 11.7. The van der Waals surface area contributed by atoms with Gasteiger partial charge in [0.25, 0.3) is 0 Å². The van der Waals surface area contributed by atoms with Crippen LogP contribution < -0.4 is 9.64 Å². The van der Waals surface area contributed by atoms with Crippen LogP contribution >= 0.6 is 11.3 Å². The molecular formula is C27H33N3O4S. The molecule has 2 saturated carbocycles. The fourth-order valence-corrected chi connectivity index (χ4v) is 5.41. The summed E-state index contributed by atoms with van der Waals surface area (Å²) >= 11 is 1.14. The van der Waals surface area contributed by atoms with Gasteiger partial charge in [-0.1, -0.05) is 18.8 Å². The Bertz CT molecular complexity index is 1110. The summed E-state index contributed by atoms with van der Waals surface area (Å²) in [5.41, 5.74) is 0.253. The molecule has 2 aliphatic carbocycles.